The third-order valence-electron chi connectivity index (χ3n) is 7.37. The maximum atomic E-state index is 14.0. The maximum absolute atomic E-state index is 14.0. The minimum Gasteiger partial charge on any atom is -0.466 e. The first kappa shape index (κ1) is 33.2. The highest BCUT2D eigenvalue weighted by Crippen LogP contribution is 2.38. The van der Waals surface area contributed by atoms with E-state index in [9.17, 15) is 22.4 Å². The van der Waals surface area contributed by atoms with Crippen LogP contribution < -0.4 is 14.8 Å². The SMILES string of the molecule is COC(=O)C1=C(CN2[C@@H]3COC[C@H]2C[C@H](NS(=O)(=O)NC(=O)OC(C)(C)C)C3)NC(c2nccs2)=N[C@H]1c1ccc(F)cc1Cl. The van der Waals surface area contributed by atoms with Gasteiger partial charge in [-0.1, -0.05) is 17.7 Å². The molecule has 0 radical (unpaired) electrons. The molecule has 1 aromatic carbocycles. The van der Waals surface area contributed by atoms with Crippen molar-refractivity contribution in [2.75, 3.05) is 26.9 Å². The van der Waals surface area contributed by atoms with Gasteiger partial charge in [0.1, 0.15) is 17.5 Å². The number of aromatic nitrogens is 1. The van der Waals surface area contributed by atoms with Crippen LogP contribution in [0.4, 0.5) is 9.18 Å². The molecule has 1 aromatic heterocycles. The van der Waals surface area contributed by atoms with Gasteiger partial charge < -0.3 is 19.5 Å². The Balaban J connectivity index is 1.42. The molecule has 2 aromatic rings. The highest BCUT2D eigenvalue weighted by Gasteiger charge is 2.43. The molecule has 13 nitrogen and oxygen atoms in total. The van der Waals surface area contributed by atoms with Crippen LogP contribution in [0.15, 0.2) is 46.0 Å². The lowest BCUT2D eigenvalue weighted by molar-refractivity contribution is -0.136. The number of ether oxygens (including phenoxy) is 3. The molecule has 0 saturated carbocycles. The summed E-state index contributed by atoms with van der Waals surface area (Å²) in [6, 6.07) is 2.01. The molecule has 3 aliphatic heterocycles. The van der Waals surface area contributed by atoms with Crippen LogP contribution in [0.3, 0.4) is 0 Å². The molecule has 5 rings (SSSR count). The zero-order valence-corrected chi connectivity index (χ0v) is 27.4. The second-order valence-electron chi connectivity index (χ2n) is 11.8. The quantitative estimate of drug-likeness (QED) is 0.353. The number of piperidine rings is 1. The summed E-state index contributed by atoms with van der Waals surface area (Å²) in [5, 5.41) is 5.76. The Morgan fingerprint density at radius 1 is 1.24 bits per heavy atom. The fourth-order valence-electron chi connectivity index (χ4n) is 5.65. The number of amidine groups is 1. The Labute approximate surface area is 269 Å². The summed E-state index contributed by atoms with van der Waals surface area (Å²) in [5.41, 5.74) is 0.250. The van der Waals surface area contributed by atoms with Crippen LogP contribution in [-0.2, 0) is 29.2 Å². The molecule has 2 saturated heterocycles. The molecule has 2 fully saturated rings. The molecular formula is C28H34ClFN6O7S2. The van der Waals surface area contributed by atoms with E-state index in [0.717, 1.165) is 6.07 Å². The number of fused-ring (bicyclic) bond motifs is 2. The van der Waals surface area contributed by atoms with E-state index in [1.807, 2.05) is 4.72 Å². The molecule has 3 aliphatic rings. The molecule has 0 spiro atoms. The minimum absolute atomic E-state index is 0.100. The van der Waals surface area contributed by atoms with E-state index >= 15 is 0 Å². The number of hydrogen-bond donors (Lipinski definition) is 3. The van der Waals surface area contributed by atoms with Gasteiger partial charge in [0, 0.05) is 52.5 Å². The molecule has 1 amide bonds. The summed E-state index contributed by atoms with van der Waals surface area (Å²) in [6.45, 7) is 5.76. The van der Waals surface area contributed by atoms with Gasteiger partial charge >= 0.3 is 22.3 Å². The number of benzene rings is 1. The van der Waals surface area contributed by atoms with Crippen LogP contribution in [-0.4, -0.2) is 86.8 Å². The van der Waals surface area contributed by atoms with Crippen LogP contribution in [0.2, 0.25) is 5.02 Å². The lowest BCUT2D eigenvalue weighted by atomic mass is 9.89. The number of esters is 1. The molecule has 17 heteroatoms. The summed E-state index contributed by atoms with van der Waals surface area (Å²) in [6.07, 6.45) is 1.30. The molecule has 4 heterocycles. The lowest BCUT2D eigenvalue weighted by Crippen LogP contribution is -2.62. The molecule has 3 N–H and O–H groups in total. The van der Waals surface area contributed by atoms with Crippen LogP contribution >= 0.6 is 22.9 Å². The van der Waals surface area contributed by atoms with E-state index in [-0.39, 0.29) is 29.2 Å². The summed E-state index contributed by atoms with van der Waals surface area (Å²) < 4.78 is 60.0. The summed E-state index contributed by atoms with van der Waals surface area (Å²) in [5.74, 6) is -0.754. The second-order valence-corrected chi connectivity index (χ2v) is 14.6. The van der Waals surface area contributed by atoms with E-state index in [1.165, 1.54) is 30.6 Å². The number of nitrogens with one attached hydrogen (secondary N) is 3. The maximum Gasteiger partial charge on any atom is 0.422 e. The van der Waals surface area contributed by atoms with Crippen molar-refractivity contribution in [3.8, 4) is 0 Å². The Morgan fingerprint density at radius 2 is 1.96 bits per heavy atom. The zero-order valence-electron chi connectivity index (χ0n) is 25.0. The number of carbonyl (C=O) groups excluding carboxylic acids is 2. The first-order chi connectivity index (χ1) is 21.2. The van der Waals surface area contributed by atoms with Gasteiger partial charge in [-0.15, -0.1) is 11.3 Å². The first-order valence-corrected chi connectivity index (χ1v) is 16.8. The van der Waals surface area contributed by atoms with Crippen molar-refractivity contribution in [2.45, 2.75) is 63.4 Å². The molecule has 0 unspecified atom stereocenters. The van der Waals surface area contributed by atoms with E-state index in [2.05, 4.69) is 19.9 Å². The van der Waals surface area contributed by atoms with Crippen molar-refractivity contribution >= 4 is 51.0 Å². The van der Waals surface area contributed by atoms with Gasteiger partial charge in [-0.3, -0.25) is 9.89 Å². The Bertz CT molecular complexity index is 1600. The molecule has 4 atom stereocenters. The van der Waals surface area contributed by atoms with Gasteiger partial charge in [-0.25, -0.2) is 23.7 Å². The third kappa shape index (κ3) is 7.99. The smallest absolute Gasteiger partial charge is 0.422 e. The van der Waals surface area contributed by atoms with Crippen molar-refractivity contribution < 1.29 is 36.6 Å². The molecule has 244 valence electrons. The van der Waals surface area contributed by atoms with Gasteiger partial charge in [0.15, 0.2) is 10.8 Å². The number of rotatable bonds is 8. The van der Waals surface area contributed by atoms with Gasteiger partial charge in [0.25, 0.3) is 0 Å². The summed E-state index contributed by atoms with van der Waals surface area (Å²) >= 11 is 7.82. The van der Waals surface area contributed by atoms with Gasteiger partial charge in [-0.2, -0.15) is 13.1 Å². The highest BCUT2D eigenvalue weighted by atomic mass is 35.5. The Kier molecular flexibility index (Phi) is 9.82. The summed E-state index contributed by atoms with van der Waals surface area (Å²) in [4.78, 5) is 36.7. The Hall–Kier alpha value is -3.15. The average Bonchev–Trinajstić information content (AvgIpc) is 3.46. The average molecular weight is 685 g/mol. The van der Waals surface area contributed by atoms with Crippen molar-refractivity contribution in [3.63, 3.8) is 0 Å². The minimum atomic E-state index is -4.21. The number of aliphatic imine (C=N–C) groups is 1. The Morgan fingerprint density at radius 3 is 2.56 bits per heavy atom. The number of methoxy groups -OCH3 is 1. The zero-order chi connectivity index (χ0) is 32.5. The van der Waals surface area contributed by atoms with Crippen LogP contribution in [0, 0.1) is 5.82 Å². The van der Waals surface area contributed by atoms with E-state index in [0.29, 0.717) is 48.2 Å². The van der Waals surface area contributed by atoms with E-state index in [1.54, 1.807) is 32.3 Å². The predicted molar refractivity (Wildman–Crippen MR) is 165 cm³/mol. The number of amides is 1. The molecule has 0 aliphatic carbocycles. The number of thiazole rings is 1. The van der Waals surface area contributed by atoms with Crippen LogP contribution in [0.25, 0.3) is 0 Å². The molecule has 45 heavy (non-hydrogen) atoms. The van der Waals surface area contributed by atoms with Gasteiger partial charge in [0.05, 0.1) is 25.9 Å². The predicted octanol–water partition coefficient (Wildman–Crippen LogP) is 3.04. The monoisotopic (exact) mass is 684 g/mol. The number of halogens is 2. The highest BCUT2D eigenvalue weighted by molar-refractivity contribution is 7.88. The van der Waals surface area contributed by atoms with Crippen molar-refractivity contribution in [3.05, 3.63) is 62.5 Å². The fraction of sp³-hybridized carbons (Fsp3) is 0.500. The van der Waals surface area contributed by atoms with Crippen LogP contribution in [0.1, 0.15) is 50.2 Å². The topological polar surface area (TPSA) is 161 Å². The normalized spacial score (nSPS) is 24.0. The standard InChI is InChI=1S/C28H34ClFN6O7S2/c1-28(2,3)43-27(38)35-45(39,40)34-16-10-17-13-42-14-18(11-16)36(17)12-21-22(26(37)41-4)23(19-6-5-15(30)9-20(19)29)33-24(32-21)25-31-7-8-44-25/h5-9,16-18,23,34H,10-14H2,1-4H3,(H,32,33)(H,35,38)/t16-,17+,18-,23-/m0/s1. The molecule has 2 bridgehead atoms. The fourth-order valence-corrected chi connectivity index (χ4v) is 7.46. The number of morpholine rings is 1. The summed E-state index contributed by atoms with van der Waals surface area (Å²) in [7, 11) is -2.94. The van der Waals surface area contributed by atoms with Gasteiger partial charge in [0.2, 0.25) is 0 Å². The lowest BCUT2D eigenvalue weighted by Gasteiger charge is -2.49. The second kappa shape index (κ2) is 13.3. The van der Waals surface area contributed by atoms with Crippen molar-refractivity contribution in [1.29, 1.82) is 0 Å². The van der Waals surface area contributed by atoms with E-state index in [4.69, 9.17) is 30.8 Å². The number of carbonyl (C=O) groups is 2. The molecular weight excluding hydrogens is 651 g/mol. The third-order valence-corrected chi connectivity index (χ3v) is 9.56. The number of hydrogen-bond acceptors (Lipinski definition) is 12. The number of nitrogens with zero attached hydrogens (tertiary/aromatic N) is 3. The van der Waals surface area contributed by atoms with Gasteiger partial charge in [-0.05, 0) is 45.7 Å². The van der Waals surface area contributed by atoms with Crippen molar-refractivity contribution in [2.24, 2.45) is 4.99 Å². The van der Waals surface area contributed by atoms with Crippen molar-refractivity contribution in [1.82, 2.24) is 24.6 Å². The van der Waals surface area contributed by atoms with E-state index < -0.39 is 45.8 Å². The van der Waals surface area contributed by atoms with Crippen LogP contribution in [0.5, 0.6) is 0 Å². The first-order valence-electron chi connectivity index (χ1n) is 14.1. The largest absolute Gasteiger partial charge is 0.466 e.